The number of rotatable bonds is 4. The minimum absolute atomic E-state index is 0.420. The van der Waals surface area contributed by atoms with Crippen LogP contribution in [0.2, 0.25) is 0 Å². The third-order valence-corrected chi connectivity index (χ3v) is 3.97. The average Bonchev–Trinajstić information content (AvgIpc) is 2.00. The smallest absolute Gasteiger partial charge is 0.303 e. The van der Waals surface area contributed by atoms with Crippen LogP contribution in [-0.2, 0) is 18.5 Å². The molecule has 0 heterocycles. The van der Waals surface area contributed by atoms with Crippen molar-refractivity contribution in [3.05, 3.63) is 0 Å². The second kappa shape index (κ2) is 4.77. The van der Waals surface area contributed by atoms with E-state index < -0.39 is 12.7 Å². The molecule has 0 bridgehead atoms. The van der Waals surface area contributed by atoms with Crippen LogP contribution in [0.3, 0.4) is 0 Å². The Hall–Kier alpha value is -0.0300. The lowest BCUT2D eigenvalue weighted by Crippen LogP contribution is -2.18. The van der Waals surface area contributed by atoms with E-state index in [1.165, 1.54) is 14.0 Å². The maximum atomic E-state index is 11.2. The summed E-state index contributed by atoms with van der Waals surface area (Å²) in [5.41, 5.74) is 1.94. The van der Waals surface area contributed by atoms with Gasteiger partial charge in [-0.15, -0.1) is 0 Å². The zero-order chi connectivity index (χ0) is 8.91. The number of hydroxylamine groups is 1. The van der Waals surface area contributed by atoms with Crippen LogP contribution >= 0.6 is 18.2 Å². The first-order valence-electron chi connectivity index (χ1n) is 2.71. The molecule has 0 spiro atoms. The van der Waals surface area contributed by atoms with Gasteiger partial charge in [0, 0.05) is 14.0 Å². The van der Waals surface area contributed by atoms with E-state index in [2.05, 4.69) is 9.15 Å². The van der Waals surface area contributed by atoms with Crippen molar-refractivity contribution in [2.45, 2.75) is 6.92 Å². The van der Waals surface area contributed by atoms with Crippen molar-refractivity contribution in [2.75, 3.05) is 13.4 Å². The molecule has 1 unspecified atom stereocenters. The van der Waals surface area contributed by atoms with Crippen LogP contribution in [0.5, 0.6) is 0 Å². The molecule has 11 heavy (non-hydrogen) atoms. The van der Waals surface area contributed by atoms with Crippen molar-refractivity contribution in [2.24, 2.45) is 0 Å². The summed E-state index contributed by atoms with van der Waals surface area (Å²) in [6.07, 6.45) is 1.56. The lowest BCUT2D eigenvalue weighted by Gasteiger charge is -2.11. The van der Waals surface area contributed by atoms with E-state index in [4.69, 9.17) is 0 Å². The molecule has 0 aromatic carbocycles. The Bertz CT molecular complexity index is 177. The highest BCUT2D eigenvalue weighted by molar-refractivity contribution is 8.54. The van der Waals surface area contributed by atoms with Crippen molar-refractivity contribution in [1.29, 1.82) is 0 Å². The maximum absolute atomic E-state index is 11.2. The van der Waals surface area contributed by atoms with Crippen LogP contribution in [0.15, 0.2) is 0 Å². The van der Waals surface area contributed by atoms with Crippen LogP contribution in [0, 0.1) is 0 Å². The van der Waals surface area contributed by atoms with E-state index in [0.29, 0.717) is 0 Å². The normalized spacial score (nSPS) is 15.5. The predicted molar refractivity (Wildman–Crippen MR) is 43.0 cm³/mol. The quantitative estimate of drug-likeness (QED) is 0.543. The first-order valence-corrected chi connectivity index (χ1v) is 6.08. The van der Waals surface area contributed by atoms with Gasteiger partial charge in [-0.1, -0.05) is 0 Å². The van der Waals surface area contributed by atoms with Gasteiger partial charge in [0.2, 0.25) is 5.91 Å². The van der Waals surface area contributed by atoms with Crippen molar-refractivity contribution in [1.82, 2.24) is 5.48 Å². The highest BCUT2D eigenvalue weighted by atomic mass is 32.7. The van der Waals surface area contributed by atoms with Gasteiger partial charge in [0.25, 0.3) is 0 Å². The Morgan fingerprint density at radius 1 is 1.64 bits per heavy atom. The van der Waals surface area contributed by atoms with Gasteiger partial charge in [-0.3, -0.25) is 4.79 Å². The van der Waals surface area contributed by atoms with E-state index in [1.54, 1.807) is 6.26 Å². The minimum Gasteiger partial charge on any atom is -0.303 e. The Balaban J connectivity index is 3.89. The molecule has 7 heteroatoms. The van der Waals surface area contributed by atoms with Crippen LogP contribution in [0.25, 0.3) is 0 Å². The largest absolute Gasteiger partial charge is 0.409 e. The van der Waals surface area contributed by atoms with Crippen molar-refractivity contribution < 1.29 is 18.5 Å². The standard InChI is InChI=1S/C4H10NO4PS/c1-4(6)5-9-10(7,8-2)11-3/h1-3H3,(H,5,6). The molecule has 0 aliphatic heterocycles. The Morgan fingerprint density at radius 2 is 2.18 bits per heavy atom. The first-order chi connectivity index (χ1) is 5.04. The molecule has 0 rings (SSSR count). The van der Waals surface area contributed by atoms with Gasteiger partial charge < -0.3 is 4.52 Å². The summed E-state index contributed by atoms with van der Waals surface area (Å²) in [6.45, 7) is -1.90. The van der Waals surface area contributed by atoms with E-state index in [9.17, 15) is 9.36 Å². The number of amides is 1. The van der Waals surface area contributed by atoms with Crippen LogP contribution in [0.4, 0.5) is 0 Å². The fraction of sp³-hybridized carbons (Fsp3) is 0.750. The van der Waals surface area contributed by atoms with Gasteiger partial charge in [0.05, 0.1) is 0 Å². The van der Waals surface area contributed by atoms with E-state index >= 15 is 0 Å². The van der Waals surface area contributed by atoms with E-state index in [-0.39, 0.29) is 0 Å². The van der Waals surface area contributed by atoms with Gasteiger partial charge >= 0.3 is 6.80 Å². The summed E-state index contributed by atoms with van der Waals surface area (Å²) in [4.78, 5) is 10.3. The molecule has 0 aromatic rings. The molecule has 1 atom stereocenters. The minimum atomic E-state index is -3.15. The average molecular weight is 199 g/mol. The Labute approximate surface area is 69.1 Å². The zero-order valence-corrected chi connectivity index (χ0v) is 8.20. The highest BCUT2D eigenvalue weighted by Crippen LogP contribution is 2.57. The molecule has 0 aliphatic rings. The molecule has 0 radical (unpaired) electrons. The fourth-order valence-electron chi connectivity index (χ4n) is 0.269. The molecule has 0 fully saturated rings. The first kappa shape index (κ1) is 11.0. The molecule has 66 valence electrons. The molecule has 0 saturated heterocycles. The SMILES string of the molecule is COP(=O)(ONC(C)=O)SC. The predicted octanol–water partition coefficient (Wildman–Crippen LogP) is 1.17. The summed E-state index contributed by atoms with van der Waals surface area (Å²) < 4.78 is 20.2. The summed E-state index contributed by atoms with van der Waals surface area (Å²) in [5.74, 6) is -0.420. The molecule has 0 aromatic heterocycles. The van der Waals surface area contributed by atoms with Crippen molar-refractivity contribution >= 4 is 24.1 Å². The lowest BCUT2D eigenvalue weighted by atomic mass is 10.8. The number of nitrogens with one attached hydrogen (secondary N) is 1. The molecule has 5 nitrogen and oxygen atoms in total. The topological polar surface area (TPSA) is 64.6 Å². The molecule has 0 aliphatic carbocycles. The van der Waals surface area contributed by atoms with Crippen molar-refractivity contribution in [3.8, 4) is 0 Å². The summed E-state index contributed by atoms with van der Waals surface area (Å²) >= 11 is 0.911. The Morgan fingerprint density at radius 3 is 2.45 bits per heavy atom. The van der Waals surface area contributed by atoms with Crippen molar-refractivity contribution in [3.63, 3.8) is 0 Å². The van der Waals surface area contributed by atoms with Crippen LogP contribution in [-0.4, -0.2) is 19.3 Å². The van der Waals surface area contributed by atoms with Gasteiger partial charge in [0.15, 0.2) is 0 Å². The second-order valence-electron chi connectivity index (χ2n) is 1.56. The number of carbonyl (C=O) groups excluding carboxylic acids is 1. The zero-order valence-electron chi connectivity index (χ0n) is 6.49. The highest BCUT2D eigenvalue weighted by Gasteiger charge is 2.22. The summed E-state index contributed by atoms with van der Waals surface area (Å²) in [5, 5.41) is 0. The maximum Gasteiger partial charge on any atom is 0.409 e. The van der Waals surface area contributed by atoms with Gasteiger partial charge in [-0.05, 0) is 17.6 Å². The van der Waals surface area contributed by atoms with Gasteiger partial charge in [-0.25, -0.2) is 10.0 Å². The summed E-state index contributed by atoms with van der Waals surface area (Å²) in [7, 11) is 1.25. The number of hydrogen-bond acceptors (Lipinski definition) is 5. The van der Waals surface area contributed by atoms with Crippen LogP contribution < -0.4 is 5.48 Å². The molecule has 1 N–H and O–H groups in total. The Kier molecular flexibility index (Phi) is 4.76. The van der Waals surface area contributed by atoms with E-state index in [0.717, 1.165) is 11.4 Å². The summed E-state index contributed by atoms with van der Waals surface area (Å²) in [6, 6.07) is 0. The fourth-order valence-corrected chi connectivity index (χ4v) is 1.59. The number of carbonyl (C=O) groups is 1. The molecular formula is C4H10NO4PS. The van der Waals surface area contributed by atoms with Crippen LogP contribution in [0.1, 0.15) is 6.92 Å². The molecule has 1 amide bonds. The third kappa shape index (κ3) is 4.42. The van der Waals surface area contributed by atoms with E-state index in [1.807, 2.05) is 5.48 Å². The molecular weight excluding hydrogens is 189 g/mol. The monoisotopic (exact) mass is 199 g/mol. The van der Waals surface area contributed by atoms with Gasteiger partial charge in [-0.2, -0.15) is 4.62 Å². The lowest BCUT2D eigenvalue weighted by molar-refractivity contribution is -0.125. The second-order valence-corrected chi connectivity index (χ2v) is 5.81. The molecule has 0 saturated carbocycles. The number of hydrogen-bond donors (Lipinski definition) is 1. The van der Waals surface area contributed by atoms with Gasteiger partial charge in [0.1, 0.15) is 0 Å². The third-order valence-electron chi connectivity index (χ3n) is 0.748.